The standard InChI is InChI=1S/C18H22O2/c1-18-9-8-14-13-5-3-12(19)10-11(13)2-4-15(14)16(18)6-7-17(18)20/h8,15-16H,2-7,9-10H2,1H3. The molecule has 4 aliphatic carbocycles. The Labute approximate surface area is 120 Å². The largest absolute Gasteiger partial charge is 0.299 e. The average Bonchev–Trinajstić information content (AvgIpc) is 2.74. The van der Waals surface area contributed by atoms with Crippen LogP contribution in [0.25, 0.3) is 0 Å². The van der Waals surface area contributed by atoms with E-state index in [2.05, 4.69) is 13.0 Å². The first-order valence-electron chi connectivity index (χ1n) is 8.06. The second-order valence-corrected chi connectivity index (χ2v) is 7.29. The molecule has 0 aliphatic heterocycles. The predicted molar refractivity (Wildman–Crippen MR) is 77.1 cm³/mol. The third-order valence-electron chi connectivity index (χ3n) is 6.37. The maximum atomic E-state index is 12.2. The first-order chi connectivity index (χ1) is 9.59. The first kappa shape index (κ1) is 12.6. The van der Waals surface area contributed by atoms with Gasteiger partial charge in [-0.2, -0.15) is 0 Å². The molecule has 2 heteroatoms. The van der Waals surface area contributed by atoms with Crippen molar-refractivity contribution in [2.75, 3.05) is 0 Å². The topological polar surface area (TPSA) is 34.1 Å². The number of hydrogen-bond acceptors (Lipinski definition) is 2. The highest BCUT2D eigenvalue weighted by molar-refractivity contribution is 5.88. The molecular formula is C18H22O2. The molecule has 2 nitrogen and oxygen atoms in total. The second-order valence-electron chi connectivity index (χ2n) is 7.29. The smallest absolute Gasteiger partial charge is 0.139 e. The number of carbonyl (C=O) groups excluding carboxylic acids is 2. The molecule has 4 aliphatic rings. The lowest BCUT2D eigenvalue weighted by molar-refractivity contribution is -0.127. The first-order valence-corrected chi connectivity index (χ1v) is 8.06. The van der Waals surface area contributed by atoms with Crippen LogP contribution in [0.4, 0.5) is 0 Å². The summed E-state index contributed by atoms with van der Waals surface area (Å²) in [4.78, 5) is 23.9. The lowest BCUT2D eigenvalue weighted by Gasteiger charge is -2.44. The molecule has 3 unspecified atom stereocenters. The maximum absolute atomic E-state index is 12.2. The van der Waals surface area contributed by atoms with Crippen LogP contribution in [0.2, 0.25) is 0 Å². The zero-order valence-electron chi connectivity index (χ0n) is 12.2. The Balaban J connectivity index is 1.75. The Morgan fingerprint density at radius 2 is 1.95 bits per heavy atom. The van der Waals surface area contributed by atoms with Gasteiger partial charge in [0.2, 0.25) is 0 Å². The molecule has 0 aromatic carbocycles. The summed E-state index contributed by atoms with van der Waals surface area (Å²) in [5.74, 6) is 2.05. The van der Waals surface area contributed by atoms with Crippen LogP contribution in [0.1, 0.15) is 58.3 Å². The molecular weight excluding hydrogens is 248 g/mol. The number of allylic oxidation sites excluding steroid dienone is 4. The van der Waals surface area contributed by atoms with Crippen LogP contribution in [0.5, 0.6) is 0 Å². The average molecular weight is 270 g/mol. The van der Waals surface area contributed by atoms with E-state index in [0.717, 1.165) is 44.9 Å². The summed E-state index contributed by atoms with van der Waals surface area (Å²) < 4.78 is 0. The van der Waals surface area contributed by atoms with Crippen molar-refractivity contribution in [1.29, 1.82) is 0 Å². The van der Waals surface area contributed by atoms with Crippen LogP contribution >= 0.6 is 0 Å². The summed E-state index contributed by atoms with van der Waals surface area (Å²) >= 11 is 0. The van der Waals surface area contributed by atoms with E-state index in [1.807, 2.05) is 0 Å². The van der Waals surface area contributed by atoms with E-state index < -0.39 is 0 Å². The number of fused-ring (bicyclic) bond motifs is 4. The predicted octanol–water partition coefficient (Wildman–Crippen LogP) is 3.76. The molecule has 0 amide bonds. The number of carbonyl (C=O) groups is 2. The summed E-state index contributed by atoms with van der Waals surface area (Å²) in [5, 5.41) is 0. The van der Waals surface area contributed by atoms with Crippen LogP contribution < -0.4 is 0 Å². The van der Waals surface area contributed by atoms with Crippen LogP contribution in [-0.4, -0.2) is 11.6 Å². The van der Waals surface area contributed by atoms with Crippen molar-refractivity contribution in [3.05, 3.63) is 22.8 Å². The van der Waals surface area contributed by atoms with Crippen molar-refractivity contribution in [3.8, 4) is 0 Å². The van der Waals surface area contributed by atoms with Crippen LogP contribution in [0.3, 0.4) is 0 Å². The Bertz CT molecular complexity index is 566. The van der Waals surface area contributed by atoms with Gasteiger partial charge >= 0.3 is 0 Å². The van der Waals surface area contributed by atoms with Gasteiger partial charge in [-0.3, -0.25) is 9.59 Å². The zero-order chi connectivity index (χ0) is 13.9. The van der Waals surface area contributed by atoms with Gasteiger partial charge < -0.3 is 0 Å². The summed E-state index contributed by atoms with van der Waals surface area (Å²) in [5.41, 5.74) is 4.35. The highest BCUT2D eigenvalue weighted by Crippen LogP contribution is 2.57. The molecule has 0 bridgehead atoms. The minimum atomic E-state index is -0.0866. The van der Waals surface area contributed by atoms with E-state index in [-0.39, 0.29) is 5.41 Å². The van der Waals surface area contributed by atoms with Crippen LogP contribution in [0, 0.1) is 17.3 Å². The van der Waals surface area contributed by atoms with Crippen LogP contribution in [0.15, 0.2) is 22.8 Å². The van der Waals surface area contributed by atoms with Gasteiger partial charge in [-0.1, -0.05) is 18.6 Å². The van der Waals surface area contributed by atoms with Crippen molar-refractivity contribution in [2.45, 2.75) is 58.3 Å². The maximum Gasteiger partial charge on any atom is 0.139 e. The van der Waals surface area contributed by atoms with Gasteiger partial charge in [-0.15, -0.1) is 0 Å². The van der Waals surface area contributed by atoms with Gasteiger partial charge in [-0.25, -0.2) is 0 Å². The molecule has 106 valence electrons. The number of ketones is 2. The Hall–Kier alpha value is -1.18. The fourth-order valence-corrected chi connectivity index (χ4v) is 5.19. The van der Waals surface area contributed by atoms with Crippen molar-refractivity contribution in [2.24, 2.45) is 17.3 Å². The molecule has 1 saturated carbocycles. The molecule has 0 heterocycles. The van der Waals surface area contributed by atoms with Gasteiger partial charge in [0.1, 0.15) is 11.6 Å². The number of hydrogen-bond donors (Lipinski definition) is 0. The monoisotopic (exact) mass is 270 g/mol. The van der Waals surface area contributed by atoms with Gasteiger partial charge in [0.25, 0.3) is 0 Å². The van der Waals surface area contributed by atoms with E-state index in [9.17, 15) is 9.59 Å². The van der Waals surface area contributed by atoms with E-state index in [4.69, 9.17) is 0 Å². The Morgan fingerprint density at radius 3 is 2.80 bits per heavy atom. The van der Waals surface area contributed by atoms with E-state index in [0.29, 0.717) is 29.8 Å². The molecule has 4 rings (SSSR count). The Morgan fingerprint density at radius 1 is 1.10 bits per heavy atom. The second kappa shape index (κ2) is 4.16. The van der Waals surface area contributed by atoms with Crippen LogP contribution in [-0.2, 0) is 9.59 Å². The third kappa shape index (κ3) is 1.57. The summed E-state index contributed by atoms with van der Waals surface area (Å²) in [7, 11) is 0. The van der Waals surface area contributed by atoms with Gasteiger partial charge in [0, 0.05) is 24.7 Å². The summed E-state index contributed by atoms with van der Waals surface area (Å²) in [6.45, 7) is 2.19. The van der Waals surface area contributed by atoms with Crippen molar-refractivity contribution < 1.29 is 9.59 Å². The van der Waals surface area contributed by atoms with Gasteiger partial charge in [-0.05, 0) is 55.1 Å². The summed E-state index contributed by atoms with van der Waals surface area (Å²) in [6, 6.07) is 0. The molecule has 1 fully saturated rings. The van der Waals surface area contributed by atoms with Gasteiger partial charge in [0.05, 0.1) is 0 Å². The van der Waals surface area contributed by atoms with E-state index >= 15 is 0 Å². The Kier molecular flexibility index (Phi) is 2.61. The van der Waals surface area contributed by atoms with E-state index in [1.54, 1.807) is 0 Å². The molecule has 0 N–H and O–H groups in total. The minimum absolute atomic E-state index is 0.0866. The molecule has 0 saturated heterocycles. The lowest BCUT2D eigenvalue weighted by Crippen LogP contribution is -2.39. The quantitative estimate of drug-likeness (QED) is 0.671. The van der Waals surface area contributed by atoms with Crippen molar-refractivity contribution in [1.82, 2.24) is 0 Å². The zero-order valence-corrected chi connectivity index (χ0v) is 12.2. The SMILES string of the molecule is CC12CC=C3C4=C(CCC3C1CCC2=O)CC(=O)CC4. The lowest BCUT2D eigenvalue weighted by atomic mass is 9.59. The molecule has 0 aromatic heterocycles. The molecule has 0 spiro atoms. The minimum Gasteiger partial charge on any atom is -0.299 e. The van der Waals surface area contributed by atoms with Crippen molar-refractivity contribution in [3.63, 3.8) is 0 Å². The number of rotatable bonds is 0. The fraction of sp³-hybridized carbons (Fsp3) is 0.667. The number of Topliss-reactive ketones (excluding diaryl/α,β-unsaturated/α-hetero) is 2. The van der Waals surface area contributed by atoms with Gasteiger partial charge in [0.15, 0.2) is 0 Å². The molecule has 20 heavy (non-hydrogen) atoms. The normalized spacial score (nSPS) is 40.1. The summed E-state index contributed by atoms with van der Waals surface area (Å²) in [6.07, 6.45) is 9.76. The molecule has 0 aromatic rings. The molecule has 0 radical (unpaired) electrons. The third-order valence-corrected chi connectivity index (χ3v) is 6.37. The van der Waals surface area contributed by atoms with Crippen molar-refractivity contribution >= 4 is 11.6 Å². The highest BCUT2D eigenvalue weighted by atomic mass is 16.1. The highest BCUT2D eigenvalue weighted by Gasteiger charge is 2.52. The molecule has 3 atom stereocenters. The van der Waals surface area contributed by atoms with E-state index in [1.165, 1.54) is 16.7 Å². The fourth-order valence-electron chi connectivity index (χ4n) is 5.19.